The van der Waals surface area contributed by atoms with Crippen molar-refractivity contribution in [3.05, 3.63) is 34.1 Å². The summed E-state index contributed by atoms with van der Waals surface area (Å²) in [7, 11) is 1.05. The van der Waals surface area contributed by atoms with E-state index >= 15 is 0 Å². The number of carbonyl (C=O) groups excluding carboxylic acids is 1. The first-order valence-electron chi connectivity index (χ1n) is 3.78. The number of carboxylic acid groups (broad SMARTS) is 1. The monoisotopic (exact) mass is 232 g/mol. The Morgan fingerprint density at radius 1 is 1.47 bits per heavy atom. The van der Waals surface area contributed by atoms with Gasteiger partial charge in [0.25, 0.3) is 0 Å². The van der Waals surface area contributed by atoms with Crippen molar-refractivity contribution in [1.82, 2.24) is 0 Å². The molecule has 4 nitrogen and oxygen atoms in total. The van der Waals surface area contributed by atoms with Gasteiger partial charge in [0.2, 0.25) is 0 Å². The summed E-state index contributed by atoms with van der Waals surface area (Å²) in [5, 5.41) is 8.41. The Morgan fingerprint density at radius 3 is 2.53 bits per heavy atom. The predicted molar refractivity (Wildman–Crippen MR) is 49.7 cm³/mol. The van der Waals surface area contributed by atoms with Crippen LogP contribution in [0.15, 0.2) is 12.1 Å². The highest BCUT2D eigenvalue weighted by molar-refractivity contribution is 6.33. The number of ether oxygens (including phenoxy) is 1. The Labute approximate surface area is 89.2 Å². The molecule has 0 fully saturated rings. The number of esters is 1. The molecule has 1 aromatic rings. The van der Waals surface area contributed by atoms with Crippen molar-refractivity contribution < 1.29 is 23.8 Å². The lowest BCUT2D eigenvalue weighted by molar-refractivity contribution is 0.0595. The highest BCUT2D eigenvalue weighted by Gasteiger charge is 2.22. The second-order valence-corrected chi connectivity index (χ2v) is 2.99. The summed E-state index contributed by atoms with van der Waals surface area (Å²) in [4.78, 5) is 21.7. The zero-order chi connectivity index (χ0) is 11.6. The van der Waals surface area contributed by atoms with E-state index in [4.69, 9.17) is 16.7 Å². The van der Waals surface area contributed by atoms with Crippen LogP contribution in [0.4, 0.5) is 4.39 Å². The fraction of sp³-hybridized carbons (Fsp3) is 0.111. The summed E-state index contributed by atoms with van der Waals surface area (Å²) < 4.78 is 17.7. The van der Waals surface area contributed by atoms with E-state index in [-0.39, 0.29) is 5.02 Å². The summed E-state index contributed by atoms with van der Waals surface area (Å²) in [6.07, 6.45) is 0. The first kappa shape index (κ1) is 11.5. The molecule has 0 amide bonds. The van der Waals surface area contributed by atoms with Crippen LogP contribution in [0.1, 0.15) is 20.7 Å². The topological polar surface area (TPSA) is 63.6 Å². The molecule has 1 N–H and O–H groups in total. The molecule has 0 aliphatic carbocycles. The largest absolute Gasteiger partial charge is 0.478 e. The van der Waals surface area contributed by atoms with Crippen molar-refractivity contribution in [2.24, 2.45) is 0 Å². The molecule has 80 valence electrons. The molecule has 0 unspecified atom stereocenters. The van der Waals surface area contributed by atoms with Crippen LogP contribution < -0.4 is 0 Å². The molecule has 1 rings (SSSR count). The third-order valence-electron chi connectivity index (χ3n) is 1.71. The van der Waals surface area contributed by atoms with Gasteiger partial charge in [0.15, 0.2) is 5.82 Å². The molecule has 0 bridgehead atoms. The standard InChI is InChI=1S/C9H6ClFO4/c1-15-9(14)6-5(10)3-2-4(7(6)11)8(12)13/h2-3H,1H3,(H,12,13). The number of hydrogen-bond donors (Lipinski definition) is 1. The number of methoxy groups -OCH3 is 1. The van der Waals surface area contributed by atoms with E-state index in [9.17, 15) is 14.0 Å². The fourth-order valence-electron chi connectivity index (χ4n) is 1.01. The number of benzene rings is 1. The Hall–Kier alpha value is -1.62. The lowest BCUT2D eigenvalue weighted by Gasteiger charge is -2.05. The van der Waals surface area contributed by atoms with E-state index in [1.54, 1.807) is 0 Å². The van der Waals surface area contributed by atoms with Gasteiger partial charge in [0.1, 0.15) is 5.56 Å². The first-order valence-corrected chi connectivity index (χ1v) is 4.16. The molecule has 0 aliphatic heterocycles. The molecule has 0 radical (unpaired) electrons. The molecule has 0 spiro atoms. The molecule has 6 heteroatoms. The summed E-state index contributed by atoms with van der Waals surface area (Å²) in [6.45, 7) is 0. The molecule has 0 saturated carbocycles. The van der Waals surface area contributed by atoms with E-state index < -0.39 is 28.9 Å². The minimum Gasteiger partial charge on any atom is -0.478 e. The second kappa shape index (κ2) is 4.27. The Balaban J connectivity index is 3.43. The van der Waals surface area contributed by atoms with Crippen LogP contribution in [0.2, 0.25) is 5.02 Å². The molecule has 0 heterocycles. The van der Waals surface area contributed by atoms with Gasteiger partial charge in [-0.1, -0.05) is 11.6 Å². The van der Waals surface area contributed by atoms with Gasteiger partial charge in [0.05, 0.1) is 17.7 Å². The van der Waals surface area contributed by atoms with Gasteiger partial charge in [-0.2, -0.15) is 0 Å². The molecule has 0 atom stereocenters. The Bertz CT molecular complexity index is 430. The van der Waals surface area contributed by atoms with Gasteiger partial charge >= 0.3 is 11.9 Å². The molecule has 0 aromatic heterocycles. The maximum Gasteiger partial charge on any atom is 0.342 e. The van der Waals surface area contributed by atoms with Crippen LogP contribution in [-0.2, 0) is 4.74 Å². The van der Waals surface area contributed by atoms with Crippen LogP contribution >= 0.6 is 11.6 Å². The van der Waals surface area contributed by atoms with Crippen LogP contribution in [0, 0.1) is 5.82 Å². The number of rotatable bonds is 2. The average Bonchev–Trinajstić information content (AvgIpc) is 2.16. The van der Waals surface area contributed by atoms with Crippen LogP contribution in [0.25, 0.3) is 0 Å². The van der Waals surface area contributed by atoms with Gasteiger partial charge in [-0.3, -0.25) is 0 Å². The van der Waals surface area contributed by atoms with Gasteiger partial charge in [-0.25, -0.2) is 14.0 Å². The van der Waals surface area contributed by atoms with Crippen molar-refractivity contribution in [3.63, 3.8) is 0 Å². The normalized spacial score (nSPS) is 9.80. The minimum atomic E-state index is -1.48. The van der Waals surface area contributed by atoms with Crippen LogP contribution in [0.3, 0.4) is 0 Å². The summed E-state index contributed by atoms with van der Waals surface area (Å²) >= 11 is 5.55. The second-order valence-electron chi connectivity index (χ2n) is 2.58. The minimum absolute atomic E-state index is 0.190. The highest BCUT2D eigenvalue weighted by atomic mass is 35.5. The van der Waals surface area contributed by atoms with Crippen LogP contribution in [0.5, 0.6) is 0 Å². The van der Waals surface area contributed by atoms with E-state index in [0.29, 0.717) is 0 Å². The maximum absolute atomic E-state index is 13.5. The molecular formula is C9H6ClFO4. The van der Waals surface area contributed by atoms with E-state index in [2.05, 4.69) is 4.74 Å². The number of carboxylic acids is 1. The summed E-state index contributed by atoms with van der Waals surface area (Å²) in [5.41, 5.74) is -1.20. The smallest absolute Gasteiger partial charge is 0.342 e. The predicted octanol–water partition coefficient (Wildman–Crippen LogP) is 1.96. The molecule has 0 saturated heterocycles. The molecule has 0 aliphatic rings. The number of aromatic carboxylic acids is 1. The zero-order valence-electron chi connectivity index (χ0n) is 7.58. The van der Waals surface area contributed by atoms with Gasteiger partial charge in [-0.05, 0) is 12.1 Å². The van der Waals surface area contributed by atoms with Gasteiger partial charge < -0.3 is 9.84 Å². The SMILES string of the molecule is COC(=O)c1c(Cl)ccc(C(=O)O)c1F. The third-order valence-corrected chi connectivity index (χ3v) is 2.03. The number of hydrogen-bond acceptors (Lipinski definition) is 3. The van der Waals surface area contributed by atoms with Crippen molar-refractivity contribution >= 4 is 23.5 Å². The zero-order valence-corrected chi connectivity index (χ0v) is 8.34. The average molecular weight is 233 g/mol. The van der Waals surface area contributed by atoms with Crippen molar-refractivity contribution in [2.75, 3.05) is 7.11 Å². The Kier molecular flexibility index (Phi) is 3.26. The molecule has 15 heavy (non-hydrogen) atoms. The van der Waals surface area contributed by atoms with Crippen molar-refractivity contribution in [2.45, 2.75) is 0 Å². The fourth-order valence-corrected chi connectivity index (χ4v) is 1.23. The quantitative estimate of drug-likeness (QED) is 0.792. The number of carbonyl (C=O) groups is 2. The van der Waals surface area contributed by atoms with Gasteiger partial charge in [-0.15, -0.1) is 0 Å². The Morgan fingerprint density at radius 2 is 2.07 bits per heavy atom. The lowest BCUT2D eigenvalue weighted by atomic mass is 10.1. The summed E-state index contributed by atoms with van der Waals surface area (Å²) in [5.74, 6) is -3.68. The summed E-state index contributed by atoms with van der Waals surface area (Å²) in [6, 6.07) is 2.10. The van der Waals surface area contributed by atoms with E-state index in [1.807, 2.05) is 0 Å². The number of halogens is 2. The molecule has 1 aromatic carbocycles. The van der Waals surface area contributed by atoms with Crippen molar-refractivity contribution in [1.29, 1.82) is 0 Å². The lowest BCUT2D eigenvalue weighted by Crippen LogP contribution is -2.10. The highest BCUT2D eigenvalue weighted by Crippen LogP contribution is 2.23. The third kappa shape index (κ3) is 2.07. The molecular weight excluding hydrogens is 227 g/mol. The first-order chi connectivity index (χ1) is 6.99. The van der Waals surface area contributed by atoms with E-state index in [0.717, 1.165) is 19.2 Å². The van der Waals surface area contributed by atoms with Crippen LogP contribution in [-0.4, -0.2) is 24.2 Å². The maximum atomic E-state index is 13.5. The van der Waals surface area contributed by atoms with E-state index in [1.165, 1.54) is 0 Å². The van der Waals surface area contributed by atoms with Gasteiger partial charge in [0, 0.05) is 0 Å². The van der Waals surface area contributed by atoms with Crippen molar-refractivity contribution in [3.8, 4) is 0 Å².